The molecule has 0 radical (unpaired) electrons. The van der Waals surface area contributed by atoms with E-state index in [0.717, 1.165) is 36.5 Å². The van der Waals surface area contributed by atoms with Gasteiger partial charge in [0.1, 0.15) is 0 Å². The van der Waals surface area contributed by atoms with Crippen molar-refractivity contribution in [3.63, 3.8) is 0 Å². The maximum absolute atomic E-state index is 4.85. The van der Waals surface area contributed by atoms with Crippen LogP contribution in [0.5, 0.6) is 0 Å². The maximum Gasteiger partial charge on any atom is 0.0945 e. The van der Waals surface area contributed by atoms with Crippen molar-refractivity contribution >= 4 is 28.5 Å². The molecule has 1 aromatic carbocycles. The molecule has 0 saturated carbocycles. The Hall–Kier alpha value is -1.30. The first-order chi connectivity index (χ1) is 10.7. The van der Waals surface area contributed by atoms with E-state index in [-0.39, 0.29) is 0 Å². The van der Waals surface area contributed by atoms with Gasteiger partial charge in [-0.1, -0.05) is 18.2 Å². The minimum absolute atomic E-state index is 0.682. The van der Waals surface area contributed by atoms with Crippen molar-refractivity contribution in [3.05, 3.63) is 36.0 Å². The van der Waals surface area contributed by atoms with Gasteiger partial charge in [0.15, 0.2) is 0 Å². The summed E-state index contributed by atoms with van der Waals surface area (Å²) in [6.45, 7) is 3.12. The third-order valence-electron chi connectivity index (χ3n) is 3.88. The van der Waals surface area contributed by atoms with Crippen molar-refractivity contribution in [2.24, 2.45) is 0 Å². The summed E-state index contributed by atoms with van der Waals surface area (Å²) in [5, 5.41) is 5.28. The third-order valence-corrected chi connectivity index (χ3v) is 5.02. The van der Waals surface area contributed by atoms with Crippen LogP contribution in [0.1, 0.15) is 18.5 Å². The Labute approximate surface area is 136 Å². The lowest BCUT2D eigenvalue weighted by Gasteiger charge is -2.22. The van der Waals surface area contributed by atoms with Crippen LogP contribution < -0.4 is 10.0 Å². The van der Waals surface area contributed by atoms with E-state index in [0.29, 0.717) is 5.25 Å². The van der Waals surface area contributed by atoms with Gasteiger partial charge < -0.3 is 14.9 Å². The van der Waals surface area contributed by atoms with E-state index in [2.05, 4.69) is 59.4 Å². The van der Waals surface area contributed by atoms with Crippen molar-refractivity contribution in [3.8, 4) is 0 Å². The molecule has 2 N–H and O–H groups in total. The number of nitrogens with zero attached hydrogens (tertiary/aromatic N) is 2. The number of piperidine rings is 1. The first kappa shape index (κ1) is 15.6. The smallest absolute Gasteiger partial charge is 0.0945 e. The lowest BCUT2D eigenvalue weighted by molar-refractivity contribution is 0.397. The second-order valence-electron chi connectivity index (χ2n) is 6.09. The minimum atomic E-state index is 0.682. The van der Waals surface area contributed by atoms with Gasteiger partial charge in [-0.05, 0) is 64.1 Å². The molecule has 3 rings (SSSR count). The zero-order valence-corrected chi connectivity index (χ0v) is 14.1. The van der Waals surface area contributed by atoms with E-state index in [9.17, 15) is 0 Å². The molecule has 4 nitrogen and oxygen atoms in total. The van der Waals surface area contributed by atoms with E-state index in [1.54, 1.807) is 0 Å². The quantitative estimate of drug-likeness (QED) is 0.830. The number of pyridine rings is 1. The highest BCUT2D eigenvalue weighted by Crippen LogP contribution is 2.27. The van der Waals surface area contributed by atoms with Crippen molar-refractivity contribution in [2.45, 2.75) is 24.6 Å². The van der Waals surface area contributed by atoms with Crippen LogP contribution in [-0.4, -0.2) is 42.3 Å². The zero-order chi connectivity index (χ0) is 15.4. The molecule has 1 aliphatic rings. The van der Waals surface area contributed by atoms with Crippen LogP contribution in [0, 0.1) is 0 Å². The van der Waals surface area contributed by atoms with Crippen LogP contribution in [0.4, 0.5) is 5.69 Å². The summed E-state index contributed by atoms with van der Waals surface area (Å²) in [5.41, 5.74) is 3.31. The van der Waals surface area contributed by atoms with Crippen LogP contribution in [0.25, 0.3) is 10.9 Å². The summed E-state index contributed by atoms with van der Waals surface area (Å²) >= 11 is 1.84. The first-order valence-corrected chi connectivity index (χ1v) is 8.76. The normalized spacial score (nSPS) is 16.3. The third kappa shape index (κ3) is 3.91. The number of anilines is 1. The van der Waals surface area contributed by atoms with Gasteiger partial charge in [0.2, 0.25) is 0 Å². The van der Waals surface area contributed by atoms with Gasteiger partial charge in [-0.15, -0.1) is 0 Å². The minimum Gasteiger partial charge on any atom is -0.328 e. The molecule has 2 heterocycles. The van der Waals surface area contributed by atoms with E-state index in [1.165, 1.54) is 18.2 Å². The van der Waals surface area contributed by atoms with Crippen molar-refractivity contribution < 1.29 is 0 Å². The summed E-state index contributed by atoms with van der Waals surface area (Å²) < 4.78 is 3.55. The fourth-order valence-electron chi connectivity index (χ4n) is 2.74. The van der Waals surface area contributed by atoms with Crippen LogP contribution >= 0.6 is 11.9 Å². The number of hydrogen-bond donors (Lipinski definition) is 2. The van der Waals surface area contributed by atoms with Gasteiger partial charge in [-0.3, -0.25) is 0 Å². The average molecular weight is 316 g/mol. The summed E-state index contributed by atoms with van der Waals surface area (Å²) in [6, 6.07) is 10.6. The Morgan fingerprint density at radius 3 is 2.82 bits per heavy atom. The van der Waals surface area contributed by atoms with E-state index in [4.69, 9.17) is 4.98 Å². The topological polar surface area (TPSA) is 40.2 Å². The Morgan fingerprint density at radius 1 is 1.23 bits per heavy atom. The standard InChI is InChI=1S/C17H24N4S/c1-21(2)12-14-7-6-13-4-3-5-16(17(13)19-14)20-22-15-8-10-18-11-9-15/h3-7,15,18,20H,8-12H2,1-2H3. The molecule has 118 valence electrons. The Bertz CT molecular complexity index is 623. The van der Waals surface area contributed by atoms with E-state index < -0.39 is 0 Å². The Morgan fingerprint density at radius 2 is 2.05 bits per heavy atom. The van der Waals surface area contributed by atoms with Gasteiger partial charge in [0, 0.05) is 17.2 Å². The number of benzene rings is 1. The lowest BCUT2D eigenvalue weighted by atomic mass is 10.2. The molecular weight excluding hydrogens is 292 g/mol. The van der Waals surface area contributed by atoms with Crippen molar-refractivity contribution in [1.82, 2.24) is 15.2 Å². The molecule has 0 spiro atoms. The molecule has 1 saturated heterocycles. The predicted molar refractivity (Wildman–Crippen MR) is 96.2 cm³/mol. The zero-order valence-electron chi connectivity index (χ0n) is 13.3. The predicted octanol–water partition coefficient (Wildman–Crippen LogP) is 3.11. The maximum atomic E-state index is 4.85. The van der Waals surface area contributed by atoms with Gasteiger partial charge in [-0.2, -0.15) is 0 Å². The summed E-state index contributed by atoms with van der Waals surface area (Å²) in [4.78, 5) is 7.00. The molecule has 0 atom stereocenters. The fourth-order valence-corrected chi connectivity index (χ4v) is 3.67. The van der Waals surface area contributed by atoms with Crippen LogP contribution in [0.3, 0.4) is 0 Å². The van der Waals surface area contributed by atoms with Gasteiger partial charge >= 0.3 is 0 Å². The second-order valence-corrected chi connectivity index (χ2v) is 7.19. The highest BCUT2D eigenvalue weighted by molar-refractivity contribution is 8.01. The molecular formula is C17H24N4S. The van der Waals surface area contributed by atoms with Crippen LogP contribution in [0.2, 0.25) is 0 Å². The summed E-state index contributed by atoms with van der Waals surface area (Å²) in [5.74, 6) is 0. The molecule has 2 aromatic rings. The van der Waals surface area contributed by atoms with Gasteiger partial charge in [-0.25, -0.2) is 4.98 Å². The van der Waals surface area contributed by atoms with E-state index in [1.807, 2.05) is 11.9 Å². The number of rotatable bonds is 5. The first-order valence-electron chi connectivity index (χ1n) is 7.88. The number of fused-ring (bicyclic) bond motifs is 1. The number of para-hydroxylation sites is 1. The molecule has 0 aliphatic carbocycles. The molecule has 0 unspecified atom stereocenters. The van der Waals surface area contributed by atoms with E-state index >= 15 is 0 Å². The monoisotopic (exact) mass is 316 g/mol. The molecule has 0 bridgehead atoms. The molecule has 0 amide bonds. The highest BCUT2D eigenvalue weighted by atomic mass is 32.2. The van der Waals surface area contributed by atoms with Gasteiger partial charge in [0.25, 0.3) is 0 Å². The van der Waals surface area contributed by atoms with Crippen LogP contribution in [0.15, 0.2) is 30.3 Å². The van der Waals surface area contributed by atoms with Crippen LogP contribution in [-0.2, 0) is 6.54 Å². The molecule has 1 aromatic heterocycles. The number of hydrogen-bond acceptors (Lipinski definition) is 5. The number of nitrogens with one attached hydrogen (secondary N) is 2. The second kappa shape index (κ2) is 7.31. The Kier molecular flexibility index (Phi) is 5.18. The molecule has 22 heavy (non-hydrogen) atoms. The molecule has 1 fully saturated rings. The molecule has 5 heteroatoms. The Balaban J connectivity index is 1.78. The summed E-state index contributed by atoms with van der Waals surface area (Å²) in [6.07, 6.45) is 2.45. The lowest BCUT2D eigenvalue weighted by Crippen LogP contribution is -2.29. The highest BCUT2D eigenvalue weighted by Gasteiger charge is 2.14. The van der Waals surface area contributed by atoms with Crippen molar-refractivity contribution in [2.75, 3.05) is 31.9 Å². The molecule has 1 aliphatic heterocycles. The SMILES string of the molecule is CN(C)Cc1ccc2cccc(NSC3CCNCC3)c2n1. The largest absolute Gasteiger partial charge is 0.328 e. The summed E-state index contributed by atoms with van der Waals surface area (Å²) in [7, 11) is 4.14. The number of aromatic nitrogens is 1. The fraction of sp³-hybridized carbons (Fsp3) is 0.471. The average Bonchev–Trinajstić information content (AvgIpc) is 2.53. The van der Waals surface area contributed by atoms with Crippen molar-refractivity contribution in [1.29, 1.82) is 0 Å². The van der Waals surface area contributed by atoms with Gasteiger partial charge in [0.05, 0.1) is 16.9 Å².